The van der Waals surface area contributed by atoms with Gasteiger partial charge in [0.25, 0.3) is 11.5 Å². The van der Waals surface area contributed by atoms with Gasteiger partial charge >= 0.3 is 0 Å². The van der Waals surface area contributed by atoms with Crippen LogP contribution in [0.5, 0.6) is 0 Å². The predicted octanol–water partition coefficient (Wildman–Crippen LogP) is 4.20. The Hall–Kier alpha value is -2.86. The molecule has 0 atom stereocenters. The van der Waals surface area contributed by atoms with E-state index in [0.29, 0.717) is 40.5 Å². The van der Waals surface area contributed by atoms with E-state index in [2.05, 4.69) is 21.5 Å². The van der Waals surface area contributed by atoms with Gasteiger partial charge in [0.1, 0.15) is 5.56 Å². The van der Waals surface area contributed by atoms with Gasteiger partial charge < -0.3 is 5.32 Å². The van der Waals surface area contributed by atoms with Crippen molar-refractivity contribution in [1.29, 1.82) is 0 Å². The Labute approximate surface area is 180 Å². The van der Waals surface area contributed by atoms with Crippen LogP contribution in [0.3, 0.4) is 0 Å². The number of H-pyrrole nitrogens is 1. The molecule has 1 amide bonds. The molecule has 30 heavy (non-hydrogen) atoms. The Kier molecular flexibility index (Phi) is 6.04. The molecule has 2 aromatic heterocycles. The Bertz CT molecular complexity index is 1180. The Balaban J connectivity index is 1.54. The van der Waals surface area contributed by atoms with Crippen molar-refractivity contribution in [3.05, 3.63) is 79.9 Å². The van der Waals surface area contributed by atoms with Crippen molar-refractivity contribution in [2.24, 2.45) is 0 Å². The van der Waals surface area contributed by atoms with Gasteiger partial charge in [-0.05, 0) is 50.7 Å². The summed E-state index contributed by atoms with van der Waals surface area (Å²) in [4.78, 5) is 30.3. The number of fused-ring (bicyclic) bond motifs is 1. The largest absolute Gasteiger partial charge is 0.352 e. The second-order valence-corrected chi connectivity index (χ2v) is 8.12. The molecule has 0 bridgehead atoms. The third-order valence-corrected chi connectivity index (χ3v) is 6.02. The molecule has 0 saturated carbocycles. The molecule has 0 aliphatic heterocycles. The fourth-order valence-electron chi connectivity index (χ4n) is 3.92. The maximum absolute atomic E-state index is 13.0. The van der Waals surface area contributed by atoms with Crippen LogP contribution in [-0.2, 0) is 6.42 Å². The summed E-state index contributed by atoms with van der Waals surface area (Å²) in [6.45, 7) is 2.37. The number of benzene rings is 1. The molecular weight excluding hydrogens is 400 g/mol. The van der Waals surface area contributed by atoms with Crippen LogP contribution in [-0.4, -0.2) is 27.0 Å². The summed E-state index contributed by atoms with van der Waals surface area (Å²) >= 11 is 6.25. The summed E-state index contributed by atoms with van der Waals surface area (Å²) in [5, 5.41) is 6.45. The highest BCUT2D eigenvalue weighted by Crippen LogP contribution is 2.20. The summed E-state index contributed by atoms with van der Waals surface area (Å²) < 4.78 is 1.33. The highest BCUT2D eigenvalue weighted by molar-refractivity contribution is 6.31. The number of allylic oxidation sites excluding steroid dienone is 1. The topological polar surface area (TPSA) is 79.3 Å². The van der Waals surface area contributed by atoms with Crippen LogP contribution in [0.4, 0.5) is 0 Å². The minimum absolute atomic E-state index is 0.219. The number of nitrogens with one attached hydrogen (secondary N) is 2. The molecule has 2 N–H and O–H groups in total. The van der Waals surface area contributed by atoms with E-state index in [0.717, 1.165) is 24.8 Å². The Morgan fingerprint density at radius 3 is 2.90 bits per heavy atom. The number of hydrogen-bond donors (Lipinski definition) is 2. The van der Waals surface area contributed by atoms with Gasteiger partial charge in [-0.15, -0.1) is 0 Å². The van der Waals surface area contributed by atoms with Crippen molar-refractivity contribution in [2.75, 3.05) is 6.54 Å². The summed E-state index contributed by atoms with van der Waals surface area (Å²) in [5.41, 5.74) is 3.92. The lowest BCUT2D eigenvalue weighted by Crippen LogP contribution is -2.26. The molecule has 0 spiro atoms. The van der Waals surface area contributed by atoms with E-state index in [1.54, 1.807) is 13.0 Å². The highest BCUT2D eigenvalue weighted by atomic mass is 35.5. The first kappa shape index (κ1) is 20.4. The number of halogens is 1. The predicted molar refractivity (Wildman–Crippen MR) is 118 cm³/mol. The van der Waals surface area contributed by atoms with E-state index in [9.17, 15) is 9.59 Å². The number of aromatic nitrogens is 3. The Morgan fingerprint density at radius 1 is 1.30 bits per heavy atom. The average Bonchev–Trinajstić information content (AvgIpc) is 3.17. The molecule has 1 aliphatic carbocycles. The molecule has 6 nitrogen and oxygen atoms in total. The van der Waals surface area contributed by atoms with Gasteiger partial charge in [0.2, 0.25) is 0 Å². The summed E-state index contributed by atoms with van der Waals surface area (Å²) in [7, 11) is 0. The van der Waals surface area contributed by atoms with E-state index >= 15 is 0 Å². The summed E-state index contributed by atoms with van der Waals surface area (Å²) in [6.07, 6.45) is 9.80. The van der Waals surface area contributed by atoms with E-state index in [-0.39, 0.29) is 11.5 Å². The first-order valence-electron chi connectivity index (χ1n) is 10.3. The molecule has 0 radical (unpaired) electrons. The van der Waals surface area contributed by atoms with Crippen molar-refractivity contribution < 1.29 is 4.79 Å². The SMILES string of the molecule is Cc1nc2c(C(=O)NCCC3=CCCCC3)c[nH]n2c(=O)c1Cc1ccccc1Cl. The maximum atomic E-state index is 13.0. The number of aromatic amines is 1. The molecule has 0 saturated heterocycles. The quantitative estimate of drug-likeness (QED) is 0.582. The van der Waals surface area contributed by atoms with Crippen LogP contribution in [0, 0.1) is 6.92 Å². The van der Waals surface area contributed by atoms with E-state index in [4.69, 9.17) is 11.6 Å². The molecule has 156 valence electrons. The molecule has 1 aliphatic rings. The van der Waals surface area contributed by atoms with Crippen molar-refractivity contribution in [1.82, 2.24) is 19.9 Å². The van der Waals surface area contributed by atoms with E-state index < -0.39 is 0 Å². The number of nitrogens with zero attached hydrogens (tertiary/aromatic N) is 2. The summed E-state index contributed by atoms with van der Waals surface area (Å²) in [5.74, 6) is -0.227. The van der Waals surface area contributed by atoms with Crippen molar-refractivity contribution >= 4 is 23.2 Å². The van der Waals surface area contributed by atoms with Gasteiger partial charge in [0.15, 0.2) is 5.65 Å². The lowest BCUT2D eigenvalue weighted by molar-refractivity contribution is 0.0955. The van der Waals surface area contributed by atoms with Crippen molar-refractivity contribution in [3.63, 3.8) is 0 Å². The number of carbonyl (C=O) groups excluding carboxylic acids is 1. The third kappa shape index (κ3) is 4.19. The molecule has 1 aromatic carbocycles. The minimum atomic E-state index is -0.227. The second kappa shape index (κ2) is 8.88. The number of hydrogen-bond acceptors (Lipinski definition) is 3. The fraction of sp³-hybridized carbons (Fsp3) is 0.348. The van der Waals surface area contributed by atoms with Gasteiger partial charge in [-0.25, -0.2) is 9.50 Å². The van der Waals surface area contributed by atoms with Gasteiger partial charge in [-0.3, -0.25) is 14.7 Å². The van der Waals surface area contributed by atoms with Gasteiger partial charge in [-0.2, -0.15) is 0 Å². The van der Waals surface area contributed by atoms with E-state index in [1.807, 2.05) is 18.2 Å². The van der Waals surface area contributed by atoms with Crippen LogP contribution < -0.4 is 10.9 Å². The standard InChI is InChI=1S/C23H25ClN4O2/c1-15-18(13-17-9-5-6-10-20(17)24)23(30)28-21(27-15)19(14-26-28)22(29)25-12-11-16-7-3-2-4-8-16/h5-7,9-10,14,26H,2-4,8,11-13H2,1H3,(H,25,29). The van der Waals surface area contributed by atoms with Crippen LogP contribution in [0.15, 0.2) is 46.9 Å². The molecule has 3 aromatic rings. The second-order valence-electron chi connectivity index (χ2n) is 7.71. The highest BCUT2D eigenvalue weighted by Gasteiger charge is 2.19. The van der Waals surface area contributed by atoms with Crippen molar-refractivity contribution in [3.8, 4) is 0 Å². The molecule has 0 unspecified atom stereocenters. The lowest BCUT2D eigenvalue weighted by Gasteiger charge is -2.12. The Morgan fingerprint density at radius 2 is 2.13 bits per heavy atom. The minimum Gasteiger partial charge on any atom is -0.352 e. The monoisotopic (exact) mass is 424 g/mol. The normalized spacial score (nSPS) is 14.0. The van der Waals surface area contributed by atoms with Gasteiger partial charge in [0, 0.05) is 35.4 Å². The average molecular weight is 425 g/mol. The molecule has 0 fully saturated rings. The van der Waals surface area contributed by atoms with Crippen LogP contribution in [0.25, 0.3) is 5.65 Å². The molecule has 4 rings (SSSR count). The van der Waals surface area contributed by atoms with Crippen LogP contribution >= 0.6 is 11.6 Å². The number of carbonyl (C=O) groups is 1. The molecule has 2 heterocycles. The van der Waals surface area contributed by atoms with Gasteiger partial charge in [-0.1, -0.05) is 41.4 Å². The molecular formula is C23H25ClN4O2. The van der Waals surface area contributed by atoms with Crippen LogP contribution in [0.1, 0.15) is 59.3 Å². The number of aryl methyl sites for hydroxylation is 1. The maximum Gasteiger partial charge on any atom is 0.276 e. The summed E-state index contributed by atoms with van der Waals surface area (Å²) in [6, 6.07) is 7.44. The number of amides is 1. The van der Waals surface area contributed by atoms with Crippen LogP contribution in [0.2, 0.25) is 5.02 Å². The zero-order chi connectivity index (χ0) is 21.1. The fourth-order valence-corrected chi connectivity index (χ4v) is 4.13. The zero-order valence-corrected chi connectivity index (χ0v) is 17.8. The number of rotatable bonds is 6. The lowest BCUT2D eigenvalue weighted by atomic mass is 9.97. The van der Waals surface area contributed by atoms with E-state index in [1.165, 1.54) is 29.1 Å². The third-order valence-electron chi connectivity index (χ3n) is 5.65. The van der Waals surface area contributed by atoms with Gasteiger partial charge in [0.05, 0.1) is 0 Å². The smallest absolute Gasteiger partial charge is 0.276 e. The molecule has 7 heteroatoms. The zero-order valence-electron chi connectivity index (χ0n) is 17.0. The first-order chi connectivity index (χ1) is 14.5. The first-order valence-corrected chi connectivity index (χ1v) is 10.7. The van der Waals surface area contributed by atoms with Crippen molar-refractivity contribution in [2.45, 2.75) is 45.4 Å².